The van der Waals surface area contributed by atoms with Gasteiger partial charge >= 0.3 is 5.97 Å². The minimum Gasteiger partial charge on any atom is -0.457 e. The molecule has 6 heteroatoms. The molecule has 0 spiro atoms. The van der Waals surface area contributed by atoms with Crippen LogP contribution in [0.2, 0.25) is 0 Å². The lowest BCUT2D eigenvalue weighted by Crippen LogP contribution is -2.17. The lowest BCUT2D eigenvalue weighted by molar-refractivity contribution is -0.141. The van der Waals surface area contributed by atoms with Crippen LogP contribution in [-0.2, 0) is 20.7 Å². The number of hydrogen-bond acceptors (Lipinski definition) is 4. The number of carbonyl (C=O) groups is 3. The van der Waals surface area contributed by atoms with Crippen molar-refractivity contribution >= 4 is 23.3 Å². The lowest BCUT2D eigenvalue weighted by Gasteiger charge is -2.08. The van der Waals surface area contributed by atoms with Crippen molar-refractivity contribution in [2.45, 2.75) is 27.2 Å². The van der Waals surface area contributed by atoms with E-state index in [4.69, 9.17) is 4.74 Å². The number of ether oxygens (including phenoxy) is 1. The van der Waals surface area contributed by atoms with Gasteiger partial charge in [0, 0.05) is 12.6 Å². The van der Waals surface area contributed by atoms with Crippen LogP contribution >= 0.6 is 0 Å². The number of ketones is 1. The number of aryl methyl sites for hydroxylation is 2. The summed E-state index contributed by atoms with van der Waals surface area (Å²) in [4.78, 5) is 34.9. The third kappa shape index (κ3) is 5.24. The molecule has 2 aromatic rings. The number of anilines is 1. The number of esters is 1. The summed E-state index contributed by atoms with van der Waals surface area (Å²) in [6, 6.07) is 9.33. The van der Waals surface area contributed by atoms with Crippen LogP contribution in [0.15, 0.2) is 36.4 Å². The van der Waals surface area contributed by atoms with E-state index in [0.29, 0.717) is 0 Å². The number of nitrogens with one attached hydrogen (secondary N) is 1. The molecule has 0 aliphatic heterocycles. The molecule has 0 saturated heterocycles. The molecule has 2 rings (SSSR count). The first-order valence-electron chi connectivity index (χ1n) is 8.08. The molecule has 0 heterocycles. The lowest BCUT2D eigenvalue weighted by atomic mass is 10.0. The second-order valence-corrected chi connectivity index (χ2v) is 6.06. The first-order valence-corrected chi connectivity index (χ1v) is 8.08. The van der Waals surface area contributed by atoms with Gasteiger partial charge in [-0.05, 0) is 48.7 Å². The van der Waals surface area contributed by atoms with Gasteiger partial charge in [0.2, 0.25) is 11.7 Å². The number of amides is 1. The van der Waals surface area contributed by atoms with Gasteiger partial charge in [-0.1, -0.05) is 18.2 Å². The van der Waals surface area contributed by atoms with E-state index in [9.17, 15) is 18.8 Å². The quantitative estimate of drug-likeness (QED) is 0.635. The smallest absolute Gasteiger partial charge is 0.310 e. The summed E-state index contributed by atoms with van der Waals surface area (Å²) in [5.41, 5.74) is 3.02. The highest BCUT2D eigenvalue weighted by Crippen LogP contribution is 2.16. The summed E-state index contributed by atoms with van der Waals surface area (Å²) >= 11 is 0. The van der Waals surface area contributed by atoms with E-state index in [-0.39, 0.29) is 23.6 Å². The molecule has 1 N–H and O–H groups in total. The second kappa shape index (κ2) is 8.38. The Labute approximate surface area is 151 Å². The fourth-order valence-corrected chi connectivity index (χ4v) is 2.38. The molecule has 0 bridgehead atoms. The van der Waals surface area contributed by atoms with Crippen LogP contribution in [0.1, 0.15) is 34.0 Å². The molecule has 1 amide bonds. The Morgan fingerprint density at radius 2 is 1.77 bits per heavy atom. The van der Waals surface area contributed by atoms with E-state index in [1.807, 2.05) is 32.0 Å². The SMILES string of the molecule is CC(=O)Nc1ccc(C(=O)COC(=O)Cc2ccc(C)c(C)c2)c(F)c1. The first kappa shape index (κ1) is 19.3. The standard InChI is InChI=1S/C20H20FNO4/c1-12-4-5-15(8-13(12)2)9-20(25)26-11-19(24)17-7-6-16(10-18(17)21)22-14(3)23/h4-8,10H,9,11H2,1-3H3,(H,22,23). The Kier molecular flexibility index (Phi) is 6.22. The normalized spacial score (nSPS) is 10.3. The Morgan fingerprint density at radius 3 is 2.38 bits per heavy atom. The highest BCUT2D eigenvalue weighted by molar-refractivity contribution is 5.99. The maximum Gasteiger partial charge on any atom is 0.310 e. The number of Topliss-reactive ketones (excluding diaryl/α,β-unsaturated/α-hetero) is 1. The summed E-state index contributed by atoms with van der Waals surface area (Å²) < 4.78 is 18.9. The van der Waals surface area contributed by atoms with Gasteiger partial charge in [0.1, 0.15) is 5.82 Å². The molecule has 0 aromatic heterocycles. The van der Waals surface area contributed by atoms with Gasteiger partial charge in [-0.2, -0.15) is 0 Å². The van der Waals surface area contributed by atoms with Crippen LogP contribution in [-0.4, -0.2) is 24.3 Å². The van der Waals surface area contributed by atoms with Crippen molar-refractivity contribution in [2.24, 2.45) is 0 Å². The molecule has 5 nitrogen and oxygen atoms in total. The molecule has 0 saturated carbocycles. The summed E-state index contributed by atoms with van der Waals surface area (Å²) in [6.07, 6.45) is 0.0400. The van der Waals surface area contributed by atoms with Crippen LogP contribution in [0.3, 0.4) is 0 Å². The Hall–Kier alpha value is -3.02. The van der Waals surface area contributed by atoms with Crippen molar-refractivity contribution < 1.29 is 23.5 Å². The van der Waals surface area contributed by atoms with Gasteiger partial charge in [0.05, 0.1) is 12.0 Å². The third-order valence-corrected chi connectivity index (χ3v) is 3.87. The van der Waals surface area contributed by atoms with Gasteiger partial charge in [-0.15, -0.1) is 0 Å². The molecule has 2 aromatic carbocycles. The molecule has 26 heavy (non-hydrogen) atoms. The van der Waals surface area contributed by atoms with Crippen molar-refractivity contribution in [2.75, 3.05) is 11.9 Å². The zero-order chi connectivity index (χ0) is 19.3. The van der Waals surface area contributed by atoms with Crippen molar-refractivity contribution in [3.63, 3.8) is 0 Å². The minimum absolute atomic E-state index is 0.0400. The summed E-state index contributed by atoms with van der Waals surface area (Å²) in [5, 5.41) is 2.42. The molecule has 0 fully saturated rings. The summed E-state index contributed by atoms with van der Waals surface area (Å²) in [5.74, 6) is -2.34. The molecule has 136 valence electrons. The number of halogens is 1. The average Bonchev–Trinajstić information content (AvgIpc) is 2.55. The molecule has 0 radical (unpaired) electrons. The van der Waals surface area contributed by atoms with Crippen LogP contribution in [0.5, 0.6) is 0 Å². The Balaban J connectivity index is 1.94. The van der Waals surface area contributed by atoms with Crippen molar-refractivity contribution in [1.29, 1.82) is 0 Å². The Morgan fingerprint density at radius 1 is 1.04 bits per heavy atom. The van der Waals surface area contributed by atoms with Gasteiger partial charge < -0.3 is 10.1 Å². The van der Waals surface area contributed by atoms with Crippen LogP contribution in [0.4, 0.5) is 10.1 Å². The van der Waals surface area contributed by atoms with E-state index in [1.54, 1.807) is 0 Å². The largest absolute Gasteiger partial charge is 0.457 e. The van der Waals surface area contributed by atoms with E-state index in [0.717, 1.165) is 22.8 Å². The van der Waals surface area contributed by atoms with E-state index < -0.39 is 24.2 Å². The van der Waals surface area contributed by atoms with E-state index in [1.165, 1.54) is 19.1 Å². The molecular formula is C20H20FNO4. The minimum atomic E-state index is -0.786. The van der Waals surface area contributed by atoms with Crippen molar-refractivity contribution in [3.05, 3.63) is 64.5 Å². The summed E-state index contributed by atoms with van der Waals surface area (Å²) in [7, 11) is 0. The third-order valence-electron chi connectivity index (χ3n) is 3.87. The number of hydrogen-bond donors (Lipinski definition) is 1. The second-order valence-electron chi connectivity index (χ2n) is 6.06. The van der Waals surface area contributed by atoms with E-state index in [2.05, 4.69) is 5.32 Å². The maximum atomic E-state index is 14.0. The predicted octanol–water partition coefficient (Wildman–Crippen LogP) is 3.37. The van der Waals surface area contributed by atoms with Crippen LogP contribution in [0, 0.1) is 19.7 Å². The van der Waals surface area contributed by atoms with Gasteiger partial charge in [-0.3, -0.25) is 14.4 Å². The average molecular weight is 357 g/mol. The zero-order valence-electron chi connectivity index (χ0n) is 14.9. The Bertz CT molecular complexity index is 861. The number of benzene rings is 2. The summed E-state index contributed by atoms with van der Waals surface area (Å²) in [6.45, 7) is 4.68. The topological polar surface area (TPSA) is 72.5 Å². The first-order chi connectivity index (χ1) is 12.3. The monoisotopic (exact) mass is 357 g/mol. The fraction of sp³-hybridized carbons (Fsp3) is 0.250. The molecule has 0 unspecified atom stereocenters. The fourth-order valence-electron chi connectivity index (χ4n) is 2.38. The highest BCUT2D eigenvalue weighted by atomic mass is 19.1. The van der Waals surface area contributed by atoms with Crippen LogP contribution in [0.25, 0.3) is 0 Å². The maximum absolute atomic E-state index is 14.0. The number of rotatable bonds is 6. The highest BCUT2D eigenvalue weighted by Gasteiger charge is 2.15. The number of carbonyl (C=O) groups excluding carboxylic acids is 3. The van der Waals surface area contributed by atoms with Crippen molar-refractivity contribution in [3.8, 4) is 0 Å². The molecule has 0 aliphatic rings. The van der Waals surface area contributed by atoms with E-state index >= 15 is 0 Å². The van der Waals surface area contributed by atoms with Gasteiger partial charge in [0.15, 0.2) is 6.61 Å². The zero-order valence-corrected chi connectivity index (χ0v) is 14.9. The molecular weight excluding hydrogens is 337 g/mol. The molecule has 0 atom stereocenters. The van der Waals surface area contributed by atoms with Gasteiger partial charge in [0.25, 0.3) is 0 Å². The molecule has 0 aliphatic carbocycles. The predicted molar refractivity (Wildman–Crippen MR) is 95.6 cm³/mol. The van der Waals surface area contributed by atoms with Crippen molar-refractivity contribution in [1.82, 2.24) is 0 Å². The van der Waals surface area contributed by atoms with Gasteiger partial charge in [-0.25, -0.2) is 4.39 Å². The van der Waals surface area contributed by atoms with Crippen LogP contribution < -0.4 is 5.32 Å².